The predicted molar refractivity (Wildman–Crippen MR) is 121 cm³/mol. The number of nitro benzene ring substituents is 1. The number of fused-ring (bicyclic) bond motifs is 1. The van der Waals surface area contributed by atoms with Gasteiger partial charge in [-0.2, -0.15) is 0 Å². The third-order valence-corrected chi connectivity index (χ3v) is 5.93. The number of hydrogen-bond acceptors (Lipinski definition) is 8. The Hall–Kier alpha value is -4.00. The van der Waals surface area contributed by atoms with Gasteiger partial charge in [0.2, 0.25) is 5.91 Å². The van der Waals surface area contributed by atoms with Gasteiger partial charge in [-0.25, -0.2) is 13.2 Å². The zero-order chi connectivity index (χ0) is 24.2. The molecule has 1 heterocycles. The first-order valence-corrected chi connectivity index (χ1v) is 11.7. The van der Waals surface area contributed by atoms with E-state index >= 15 is 0 Å². The number of sulfone groups is 1. The molecule has 3 aromatic rings. The maximum atomic E-state index is 12.2. The van der Waals surface area contributed by atoms with Crippen LogP contribution in [0.4, 0.5) is 11.4 Å². The lowest BCUT2D eigenvalue weighted by atomic mass is 10.2. The molecule has 0 atom stereocenters. The standard InChI is InChI=1S/C20H21N5O7S/c1-33(31,32)13-6-7-15(17(12-13)25(29)30)21-9-10-22-18(26)8-11-24-16-5-3-2-4-14(16)19(27)23-20(24)28/h2-7,12,21H,8-11H2,1H3,(H,22,26)(H,23,27,28). The molecule has 12 nitrogen and oxygen atoms in total. The maximum absolute atomic E-state index is 12.2. The van der Waals surface area contributed by atoms with E-state index < -0.39 is 31.7 Å². The molecule has 0 saturated heterocycles. The summed E-state index contributed by atoms with van der Waals surface area (Å²) in [7, 11) is -3.59. The minimum absolute atomic E-state index is 0.0286. The summed E-state index contributed by atoms with van der Waals surface area (Å²) >= 11 is 0. The van der Waals surface area contributed by atoms with E-state index in [1.807, 2.05) is 0 Å². The second kappa shape index (κ2) is 9.65. The zero-order valence-corrected chi connectivity index (χ0v) is 18.3. The minimum Gasteiger partial charge on any atom is -0.378 e. The highest BCUT2D eigenvalue weighted by atomic mass is 32.2. The highest BCUT2D eigenvalue weighted by molar-refractivity contribution is 7.90. The Bertz CT molecular complexity index is 1440. The number of nitro groups is 1. The van der Waals surface area contributed by atoms with Crippen LogP contribution in [0.3, 0.4) is 0 Å². The van der Waals surface area contributed by atoms with Crippen molar-refractivity contribution in [3.05, 3.63) is 73.4 Å². The zero-order valence-electron chi connectivity index (χ0n) is 17.5. The summed E-state index contributed by atoms with van der Waals surface area (Å²) in [6.07, 6.45) is 0.928. The summed E-state index contributed by atoms with van der Waals surface area (Å²) in [4.78, 5) is 48.8. The summed E-state index contributed by atoms with van der Waals surface area (Å²) in [5, 5.41) is 17.0. The maximum Gasteiger partial charge on any atom is 0.328 e. The quantitative estimate of drug-likeness (QED) is 0.229. The number of aryl methyl sites for hydroxylation is 1. The van der Waals surface area contributed by atoms with Crippen molar-refractivity contribution in [2.75, 3.05) is 24.7 Å². The molecule has 33 heavy (non-hydrogen) atoms. The van der Waals surface area contributed by atoms with E-state index in [0.717, 1.165) is 12.3 Å². The van der Waals surface area contributed by atoms with Crippen LogP contribution < -0.4 is 21.9 Å². The van der Waals surface area contributed by atoms with Crippen molar-refractivity contribution >= 4 is 38.0 Å². The van der Waals surface area contributed by atoms with Gasteiger partial charge in [-0.3, -0.25) is 29.3 Å². The molecule has 0 aliphatic heterocycles. The molecule has 174 valence electrons. The number of para-hydroxylation sites is 1. The van der Waals surface area contributed by atoms with Crippen molar-refractivity contribution in [2.24, 2.45) is 0 Å². The van der Waals surface area contributed by atoms with Gasteiger partial charge < -0.3 is 10.6 Å². The molecule has 0 unspecified atom stereocenters. The molecule has 3 N–H and O–H groups in total. The van der Waals surface area contributed by atoms with Gasteiger partial charge in [-0.15, -0.1) is 0 Å². The summed E-state index contributed by atoms with van der Waals surface area (Å²) in [5.74, 6) is -0.360. The molecule has 0 radical (unpaired) electrons. The molecule has 0 bridgehead atoms. The molecule has 2 aromatic carbocycles. The summed E-state index contributed by atoms with van der Waals surface area (Å²) in [5.41, 5.74) is -0.967. The Labute approximate surface area is 187 Å². The second-order valence-electron chi connectivity index (χ2n) is 7.16. The highest BCUT2D eigenvalue weighted by Gasteiger charge is 2.18. The molecule has 1 aromatic heterocycles. The lowest BCUT2D eigenvalue weighted by molar-refractivity contribution is -0.384. The average Bonchev–Trinajstić information content (AvgIpc) is 2.75. The SMILES string of the molecule is CS(=O)(=O)c1ccc(NCCNC(=O)CCn2c(=O)[nH]c(=O)c3ccccc32)c([N+](=O)[O-])c1. The molecule has 1 amide bonds. The summed E-state index contributed by atoms with van der Waals surface area (Å²) in [6, 6.07) is 10.1. The number of rotatable bonds is 9. The first kappa shape index (κ1) is 23.7. The molecular weight excluding hydrogens is 454 g/mol. The van der Waals surface area contributed by atoms with E-state index in [1.165, 1.54) is 16.7 Å². The number of carbonyl (C=O) groups is 1. The van der Waals surface area contributed by atoms with Crippen LogP contribution in [0, 0.1) is 10.1 Å². The van der Waals surface area contributed by atoms with Gasteiger partial charge in [-0.1, -0.05) is 12.1 Å². The van der Waals surface area contributed by atoms with Crippen LogP contribution in [0.2, 0.25) is 0 Å². The highest BCUT2D eigenvalue weighted by Crippen LogP contribution is 2.27. The van der Waals surface area contributed by atoms with E-state index in [4.69, 9.17) is 0 Å². The number of aromatic nitrogens is 2. The van der Waals surface area contributed by atoms with Crippen LogP contribution in [0.5, 0.6) is 0 Å². The number of benzene rings is 2. The van der Waals surface area contributed by atoms with Crippen LogP contribution in [-0.4, -0.2) is 48.1 Å². The molecule has 0 fully saturated rings. The Kier molecular flexibility index (Phi) is 6.92. The third-order valence-electron chi connectivity index (χ3n) is 4.82. The first-order valence-electron chi connectivity index (χ1n) is 9.79. The fourth-order valence-corrected chi connectivity index (χ4v) is 3.85. The first-order chi connectivity index (χ1) is 15.6. The Morgan fingerprint density at radius 1 is 1.15 bits per heavy atom. The van der Waals surface area contributed by atoms with E-state index in [-0.39, 0.29) is 42.5 Å². The van der Waals surface area contributed by atoms with E-state index in [9.17, 15) is 32.9 Å². The Morgan fingerprint density at radius 3 is 2.58 bits per heavy atom. The summed E-state index contributed by atoms with van der Waals surface area (Å²) < 4.78 is 24.5. The lowest BCUT2D eigenvalue weighted by Crippen LogP contribution is -2.33. The van der Waals surface area contributed by atoms with Crippen molar-refractivity contribution < 1.29 is 18.1 Å². The van der Waals surface area contributed by atoms with Crippen molar-refractivity contribution in [2.45, 2.75) is 17.9 Å². The normalized spacial score (nSPS) is 11.3. The summed E-state index contributed by atoms with van der Waals surface area (Å²) in [6.45, 7) is 0.325. The van der Waals surface area contributed by atoms with Gasteiger partial charge in [0, 0.05) is 38.4 Å². The second-order valence-corrected chi connectivity index (χ2v) is 9.18. The molecule has 0 spiro atoms. The van der Waals surface area contributed by atoms with Crippen LogP contribution in [0.1, 0.15) is 6.42 Å². The number of aromatic amines is 1. The topological polar surface area (TPSA) is 173 Å². The van der Waals surface area contributed by atoms with Crippen molar-refractivity contribution in [1.82, 2.24) is 14.9 Å². The van der Waals surface area contributed by atoms with Gasteiger partial charge in [-0.05, 0) is 24.3 Å². The van der Waals surface area contributed by atoms with Crippen molar-refractivity contribution in [3.8, 4) is 0 Å². The number of nitrogens with one attached hydrogen (secondary N) is 3. The molecule has 0 saturated carbocycles. The van der Waals surface area contributed by atoms with Gasteiger partial charge in [0.25, 0.3) is 11.2 Å². The average molecular weight is 475 g/mol. The van der Waals surface area contributed by atoms with Crippen LogP contribution >= 0.6 is 0 Å². The smallest absolute Gasteiger partial charge is 0.328 e. The number of carbonyl (C=O) groups excluding carboxylic acids is 1. The lowest BCUT2D eigenvalue weighted by Gasteiger charge is -2.11. The van der Waals surface area contributed by atoms with Crippen molar-refractivity contribution in [3.63, 3.8) is 0 Å². The number of anilines is 1. The van der Waals surface area contributed by atoms with Crippen LogP contribution in [-0.2, 0) is 21.2 Å². The van der Waals surface area contributed by atoms with Gasteiger partial charge >= 0.3 is 5.69 Å². The number of hydrogen-bond donors (Lipinski definition) is 3. The number of H-pyrrole nitrogens is 1. The van der Waals surface area contributed by atoms with E-state index in [1.54, 1.807) is 24.3 Å². The molecule has 13 heteroatoms. The van der Waals surface area contributed by atoms with Gasteiger partial charge in [0.15, 0.2) is 9.84 Å². The molecular formula is C20H21N5O7S. The monoisotopic (exact) mass is 475 g/mol. The van der Waals surface area contributed by atoms with E-state index in [0.29, 0.717) is 10.9 Å². The number of nitrogens with zero attached hydrogens (tertiary/aromatic N) is 2. The van der Waals surface area contributed by atoms with E-state index in [2.05, 4.69) is 15.6 Å². The minimum atomic E-state index is -3.59. The van der Waals surface area contributed by atoms with Crippen LogP contribution in [0.25, 0.3) is 10.9 Å². The largest absolute Gasteiger partial charge is 0.378 e. The van der Waals surface area contributed by atoms with Crippen molar-refractivity contribution in [1.29, 1.82) is 0 Å². The number of amides is 1. The Balaban J connectivity index is 1.57. The van der Waals surface area contributed by atoms with Gasteiger partial charge in [0.05, 0.1) is 20.7 Å². The molecule has 0 aliphatic carbocycles. The molecule has 0 aliphatic rings. The predicted octanol–water partition coefficient (Wildman–Crippen LogP) is 0.620. The fourth-order valence-electron chi connectivity index (χ4n) is 3.21. The fraction of sp³-hybridized carbons (Fsp3) is 0.250. The molecule has 3 rings (SSSR count). The third kappa shape index (κ3) is 5.63. The van der Waals surface area contributed by atoms with Gasteiger partial charge in [0.1, 0.15) is 5.69 Å². The van der Waals surface area contributed by atoms with Crippen LogP contribution in [0.15, 0.2) is 56.9 Å². The Morgan fingerprint density at radius 2 is 1.88 bits per heavy atom.